The van der Waals surface area contributed by atoms with Gasteiger partial charge in [-0.25, -0.2) is 14.0 Å². The lowest BCUT2D eigenvalue weighted by Gasteiger charge is -2.21. The first kappa shape index (κ1) is 25.6. The van der Waals surface area contributed by atoms with Crippen LogP contribution in [0.5, 0.6) is 11.6 Å². The van der Waals surface area contributed by atoms with E-state index in [-0.39, 0.29) is 21.8 Å². The monoisotopic (exact) mass is 498 g/mol. The summed E-state index contributed by atoms with van der Waals surface area (Å²) in [5.74, 6) is 0.232. The number of aryl methyl sites for hydroxylation is 3. The zero-order valence-corrected chi connectivity index (χ0v) is 21.8. The Morgan fingerprint density at radius 1 is 1.09 bits per heavy atom. The summed E-state index contributed by atoms with van der Waals surface area (Å²) < 4.78 is 29.8. The highest BCUT2D eigenvalue weighted by molar-refractivity contribution is 8.71. The molecule has 34 heavy (non-hydrogen) atoms. The van der Waals surface area contributed by atoms with E-state index < -0.39 is 14.7 Å². The number of nitrogens with zero attached hydrogens (tertiary/aromatic N) is 1. The topological polar surface area (TPSA) is 118 Å². The average molecular weight is 499 g/mol. The second-order valence-electron chi connectivity index (χ2n) is 9.22. The number of aromatic nitrogens is 1. The molecule has 0 saturated carbocycles. The Kier molecular flexibility index (Phi) is 7.28. The molecular formula is C25H30N4O3S2. The number of benzene rings is 2. The molecule has 3 rings (SSSR count). The molecule has 1 heterocycles. The third kappa shape index (κ3) is 5.90. The van der Waals surface area contributed by atoms with Crippen LogP contribution in [0.1, 0.15) is 53.5 Å². The van der Waals surface area contributed by atoms with E-state index in [1.807, 2.05) is 53.7 Å². The van der Waals surface area contributed by atoms with Crippen LogP contribution in [-0.4, -0.2) is 15.1 Å². The maximum absolute atomic E-state index is 13.1. The number of nitrogen functional groups attached to an aromatic ring is 1. The molecule has 1 atom stereocenters. The first-order valence-corrected chi connectivity index (χ1v) is 13.6. The van der Waals surface area contributed by atoms with E-state index in [2.05, 4.69) is 9.71 Å². The SMILES string of the molecule is Cc1cc(C)c(Oc2nc(C(C)(C)C)ccc2C(=O)NSS(=N)(=O)c2cccc(N)c2)c(C)c1. The Morgan fingerprint density at radius 2 is 1.74 bits per heavy atom. The smallest absolute Gasteiger partial charge is 0.267 e. The van der Waals surface area contributed by atoms with Crippen molar-refractivity contribution < 1.29 is 13.7 Å². The number of carbonyl (C=O) groups is 1. The minimum absolute atomic E-state index is 0.154. The third-order valence-electron chi connectivity index (χ3n) is 5.10. The third-order valence-corrected chi connectivity index (χ3v) is 8.01. The molecule has 0 aliphatic rings. The fraction of sp³-hybridized carbons (Fsp3) is 0.280. The first-order chi connectivity index (χ1) is 15.8. The quantitative estimate of drug-likeness (QED) is 0.215. The van der Waals surface area contributed by atoms with Crippen molar-refractivity contribution in [3.63, 3.8) is 0 Å². The van der Waals surface area contributed by atoms with Crippen LogP contribution in [0.25, 0.3) is 0 Å². The van der Waals surface area contributed by atoms with Crippen molar-refractivity contribution in [1.82, 2.24) is 9.71 Å². The Bertz CT molecular complexity index is 1320. The number of carbonyl (C=O) groups excluding carboxylic acids is 1. The van der Waals surface area contributed by atoms with E-state index in [1.165, 1.54) is 6.07 Å². The van der Waals surface area contributed by atoms with E-state index in [9.17, 15) is 9.00 Å². The second-order valence-corrected chi connectivity index (χ2v) is 13.0. The predicted molar refractivity (Wildman–Crippen MR) is 139 cm³/mol. The van der Waals surface area contributed by atoms with Gasteiger partial charge >= 0.3 is 0 Å². The maximum Gasteiger partial charge on any atom is 0.267 e. The Balaban J connectivity index is 1.95. The molecule has 0 fully saturated rings. The van der Waals surface area contributed by atoms with Gasteiger partial charge in [0, 0.05) is 16.8 Å². The highest BCUT2D eigenvalue weighted by atomic mass is 33.1. The van der Waals surface area contributed by atoms with Gasteiger partial charge in [-0.3, -0.25) is 9.52 Å². The van der Waals surface area contributed by atoms with Crippen molar-refractivity contribution in [3.05, 3.63) is 76.5 Å². The summed E-state index contributed by atoms with van der Waals surface area (Å²) in [6.07, 6.45) is 0. The molecule has 0 aliphatic carbocycles. The zero-order valence-electron chi connectivity index (χ0n) is 20.2. The Hall–Kier alpha value is -3.04. The molecule has 0 bridgehead atoms. The molecule has 9 heteroatoms. The Morgan fingerprint density at radius 3 is 2.32 bits per heavy atom. The van der Waals surface area contributed by atoms with Gasteiger partial charge in [-0.05, 0) is 62.2 Å². The molecule has 1 unspecified atom stereocenters. The van der Waals surface area contributed by atoms with Crippen molar-refractivity contribution in [3.8, 4) is 11.6 Å². The molecule has 0 aliphatic heterocycles. The van der Waals surface area contributed by atoms with Gasteiger partial charge in [0.1, 0.15) is 20.1 Å². The number of nitrogens with one attached hydrogen (secondary N) is 2. The average Bonchev–Trinajstić information content (AvgIpc) is 2.74. The van der Waals surface area contributed by atoms with Crippen LogP contribution >= 0.6 is 11.0 Å². The summed E-state index contributed by atoms with van der Waals surface area (Å²) in [7, 11) is -2.83. The van der Waals surface area contributed by atoms with Gasteiger partial charge in [0.2, 0.25) is 5.88 Å². The van der Waals surface area contributed by atoms with E-state index in [4.69, 9.17) is 15.3 Å². The van der Waals surface area contributed by atoms with Gasteiger partial charge in [-0.15, -0.1) is 0 Å². The molecule has 180 valence electrons. The van der Waals surface area contributed by atoms with Crippen LogP contribution in [-0.2, 0) is 14.2 Å². The predicted octanol–water partition coefficient (Wildman–Crippen LogP) is 6.08. The van der Waals surface area contributed by atoms with Crippen molar-refractivity contribution in [1.29, 1.82) is 4.78 Å². The number of pyridine rings is 1. The number of hydrogen-bond acceptors (Lipinski definition) is 7. The molecule has 1 amide bonds. The summed E-state index contributed by atoms with van der Waals surface area (Å²) >= 11 is 0. The van der Waals surface area contributed by atoms with Crippen LogP contribution in [0, 0.1) is 25.6 Å². The molecule has 4 N–H and O–H groups in total. The number of ether oxygens (including phenoxy) is 1. The number of anilines is 1. The Labute approximate surface area is 205 Å². The van der Waals surface area contributed by atoms with E-state index in [0.29, 0.717) is 22.4 Å². The molecule has 0 spiro atoms. The molecule has 2 aromatic carbocycles. The lowest BCUT2D eigenvalue weighted by Crippen LogP contribution is -2.21. The van der Waals surface area contributed by atoms with E-state index >= 15 is 0 Å². The van der Waals surface area contributed by atoms with Gasteiger partial charge in [-0.1, -0.05) is 44.5 Å². The number of rotatable bonds is 6. The van der Waals surface area contributed by atoms with E-state index in [1.54, 1.807) is 30.3 Å². The van der Waals surface area contributed by atoms with Crippen LogP contribution < -0.4 is 15.2 Å². The molecule has 0 radical (unpaired) electrons. The maximum atomic E-state index is 13.1. The molecule has 7 nitrogen and oxygen atoms in total. The lowest BCUT2D eigenvalue weighted by molar-refractivity contribution is 0.0981. The van der Waals surface area contributed by atoms with Crippen LogP contribution in [0.4, 0.5) is 5.69 Å². The highest BCUT2D eigenvalue weighted by Crippen LogP contribution is 2.33. The van der Waals surface area contributed by atoms with Crippen LogP contribution in [0.15, 0.2) is 53.4 Å². The molecular weight excluding hydrogens is 468 g/mol. The largest absolute Gasteiger partial charge is 0.438 e. The molecule has 1 aromatic heterocycles. The van der Waals surface area contributed by atoms with Gasteiger partial charge < -0.3 is 10.5 Å². The summed E-state index contributed by atoms with van der Waals surface area (Å²) in [5, 5.41) is 0. The summed E-state index contributed by atoms with van der Waals surface area (Å²) in [6, 6.07) is 13.7. The molecule has 0 saturated heterocycles. The fourth-order valence-electron chi connectivity index (χ4n) is 3.41. The normalized spacial score (nSPS) is 13.2. The van der Waals surface area contributed by atoms with Gasteiger partial charge in [0.05, 0.1) is 15.9 Å². The van der Waals surface area contributed by atoms with Crippen molar-refractivity contribution in [2.75, 3.05) is 5.73 Å². The summed E-state index contributed by atoms with van der Waals surface area (Å²) in [4.78, 5) is 18.0. The number of nitrogens with two attached hydrogens (primary N) is 1. The minimum atomic E-state index is -3.36. The van der Waals surface area contributed by atoms with Crippen molar-refractivity contribution in [2.45, 2.75) is 51.9 Å². The standard InChI is InChI=1S/C25H30N4O3S2/c1-15-12-16(2)22(17(3)13-15)32-24-20(10-11-21(28-24)25(4,5)6)23(30)29-33-34(27,31)19-9-7-8-18(26)14-19/h7-14,27H,26H2,1-6H3,(H,29,30). The summed E-state index contributed by atoms with van der Waals surface area (Å²) in [6.45, 7) is 12.0. The second kappa shape index (κ2) is 9.68. The number of amides is 1. The van der Waals surface area contributed by atoms with E-state index in [0.717, 1.165) is 22.4 Å². The summed E-state index contributed by atoms with van der Waals surface area (Å²) in [5.41, 5.74) is 9.79. The van der Waals surface area contributed by atoms with Crippen LogP contribution in [0.2, 0.25) is 0 Å². The fourth-order valence-corrected chi connectivity index (χ4v) is 5.54. The van der Waals surface area contributed by atoms with Gasteiger partial charge in [-0.2, -0.15) is 0 Å². The highest BCUT2D eigenvalue weighted by Gasteiger charge is 2.23. The number of hydrogen-bond donors (Lipinski definition) is 3. The first-order valence-electron chi connectivity index (χ1n) is 10.7. The zero-order chi connectivity index (χ0) is 25.3. The lowest BCUT2D eigenvalue weighted by atomic mass is 9.91. The minimum Gasteiger partial charge on any atom is -0.438 e. The molecule has 3 aromatic rings. The van der Waals surface area contributed by atoms with Crippen molar-refractivity contribution >= 4 is 31.3 Å². The van der Waals surface area contributed by atoms with Gasteiger partial charge in [0.25, 0.3) is 5.91 Å². The van der Waals surface area contributed by atoms with Crippen LogP contribution in [0.3, 0.4) is 0 Å². The van der Waals surface area contributed by atoms with Gasteiger partial charge in [0.15, 0.2) is 0 Å². The van der Waals surface area contributed by atoms with Crippen molar-refractivity contribution in [2.24, 2.45) is 0 Å².